The van der Waals surface area contributed by atoms with Crippen LogP contribution in [0.3, 0.4) is 0 Å². The van der Waals surface area contributed by atoms with Crippen molar-refractivity contribution in [1.82, 2.24) is 9.80 Å². The second-order valence-electron chi connectivity index (χ2n) is 8.24. The Bertz CT molecular complexity index is 825. The Kier molecular flexibility index (Phi) is 11.5. The predicted octanol–water partition coefficient (Wildman–Crippen LogP) is 5.06. The van der Waals surface area contributed by atoms with Crippen molar-refractivity contribution >= 4 is 0 Å². The number of rotatable bonds is 14. The van der Waals surface area contributed by atoms with Gasteiger partial charge < -0.3 is 24.0 Å². The van der Waals surface area contributed by atoms with Crippen molar-refractivity contribution in [1.29, 1.82) is 0 Å². The molecule has 1 aliphatic rings. The van der Waals surface area contributed by atoms with Crippen molar-refractivity contribution in [3.63, 3.8) is 0 Å². The Morgan fingerprint density at radius 3 is 1.31 bits per heavy atom. The van der Waals surface area contributed by atoms with Gasteiger partial charge in [0.2, 0.25) is 0 Å². The maximum Gasteiger partial charge on any atom is 0.564 e. The molecule has 0 aromatic carbocycles. The Balaban J connectivity index is 0.0000144. The summed E-state index contributed by atoms with van der Waals surface area (Å²) in [5, 5.41) is 0. The molecule has 1 heterocycles. The van der Waals surface area contributed by atoms with E-state index >= 15 is 0 Å². The minimum absolute atomic E-state index is 0. The third-order valence-electron chi connectivity index (χ3n) is 5.39. The van der Waals surface area contributed by atoms with Crippen LogP contribution in [0.25, 0.3) is 0 Å². The fraction of sp³-hybridized carbons (Fsp3) is 0.842. The van der Waals surface area contributed by atoms with Crippen LogP contribution in [-0.2, 0) is 0 Å². The van der Waals surface area contributed by atoms with Crippen LogP contribution in [0, 0.1) is 6.67 Å². The zero-order valence-corrected chi connectivity index (χ0v) is 21.5. The smallest absolute Gasteiger partial charge is 0.564 e. The van der Waals surface area contributed by atoms with Gasteiger partial charge in [-0.05, 0) is 6.42 Å². The van der Waals surface area contributed by atoms with Gasteiger partial charge >= 0.3 is 54.3 Å². The molecule has 0 aromatic rings. The van der Waals surface area contributed by atoms with E-state index in [1.54, 1.807) is 0 Å². The first kappa shape index (κ1) is 37.8. The summed E-state index contributed by atoms with van der Waals surface area (Å²) in [6.45, 7) is 2.99. The number of unbranched alkanes of at least 4 members (excludes halogenated alkanes) is 3. The van der Waals surface area contributed by atoms with Crippen LogP contribution in [0.4, 0.5) is 74.6 Å². The summed E-state index contributed by atoms with van der Waals surface area (Å²) in [5.41, 5.74) is 0. The number of hydrogen-bond acceptors (Lipinski definition) is 2. The standard InChI is InChI=1S/C19H19F17N2.HI/c1-2-3-4-5-7-37-9-10-38(11-37)8-6-12(20,21)13(22,23)14(24,25)15(26,27)16(28,29)17(30,31)18(32,33)19(34,35)36;/h9-10H,2-8H2,1H3;1H/q+1;/p-1. The molecule has 0 fully saturated rings. The minimum Gasteiger partial charge on any atom is -1.00 e. The van der Waals surface area contributed by atoms with Crippen molar-refractivity contribution in [2.45, 2.75) is 86.7 Å². The Labute approximate surface area is 227 Å². The number of halogens is 18. The molecule has 0 aliphatic carbocycles. The third kappa shape index (κ3) is 6.48. The van der Waals surface area contributed by atoms with Gasteiger partial charge in [-0.15, -0.1) is 9.80 Å². The molecule has 2 nitrogen and oxygen atoms in total. The fourth-order valence-electron chi connectivity index (χ4n) is 2.96. The Hall–Kier alpha value is -1.25. The molecule has 20 heteroatoms. The minimum atomic E-state index is -8.61. The summed E-state index contributed by atoms with van der Waals surface area (Å²) in [6, 6.07) is 0. The highest BCUT2D eigenvalue weighted by Gasteiger charge is 2.95. The van der Waals surface area contributed by atoms with Gasteiger partial charge in [-0.2, -0.15) is 74.6 Å². The summed E-state index contributed by atoms with van der Waals surface area (Å²) in [7, 11) is 0. The molecule has 0 aromatic heterocycles. The lowest BCUT2D eigenvalue weighted by atomic mass is 9.88. The molecule has 231 valence electrons. The van der Waals surface area contributed by atoms with Gasteiger partial charge in [0.25, 0.3) is 0 Å². The molecule has 39 heavy (non-hydrogen) atoms. The number of alkyl halides is 17. The summed E-state index contributed by atoms with van der Waals surface area (Å²) < 4.78 is 226. The summed E-state index contributed by atoms with van der Waals surface area (Å²) in [4.78, 5) is 1.75. The monoisotopic (exact) mass is 725 g/mol. The largest absolute Gasteiger partial charge is 1.00 e. The van der Waals surface area contributed by atoms with E-state index in [9.17, 15) is 74.6 Å². The second kappa shape index (κ2) is 11.9. The zero-order valence-electron chi connectivity index (χ0n) is 19.3. The molecule has 0 spiro atoms. The topological polar surface area (TPSA) is 6.48 Å². The first-order valence-electron chi connectivity index (χ1n) is 10.5. The maximum absolute atomic E-state index is 14.0. The van der Waals surface area contributed by atoms with Crippen molar-refractivity contribution in [2.75, 3.05) is 13.1 Å². The van der Waals surface area contributed by atoms with Crippen LogP contribution in [0.2, 0.25) is 0 Å². The fourth-order valence-corrected chi connectivity index (χ4v) is 2.96. The molecule has 1 aliphatic heterocycles. The SMILES string of the molecule is CCCCCCN1[C+]N(CCC(F)(F)C(F)(F)C(F)(F)C(F)(F)C(F)(F)C(F)(F)C(F)(F)C(F)(F)F)C=C1.[I-]. The molecule has 0 saturated carbocycles. The normalized spacial score (nSPS) is 16.5. The van der Waals surface area contributed by atoms with E-state index in [0.29, 0.717) is 17.7 Å². The molecule has 0 N–H and O–H groups in total. The van der Waals surface area contributed by atoms with Crippen LogP contribution in [-0.4, -0.2) is 70.5 Å². The molecule has 0 bridgehead atoms. The zero-order chi connectivity index (χ0) is 30.2. The van der Waals surface area contributed by atoms with Gasteiger partial charge in [-0.25, -0.2) is 0 Å². The lowest BCUT2D eigenvalue weighted by Crippen LogP contribution is -3.00. The molecule has 1 rings (SSSR count). The summed E-state index contributed by atoms with van der Waals surface area (Å²) >= 11 is 0. The highest BCUT2D eigenvalue weighted by atomic mass is 127. The van der Waals surface area contributed by atoms with Gasteiger partial charge in [-0.3, -0.25) is 0 Å². The molecule has 0 atom stereocenters. The highest BCUT2D eigenvalue weighted by molar-refractivity contribution is 5.15. The Morgan fingerprint density at radius 2 is 0.897 bits per heavy atom. The lowest BCUT2D eigenvalue weighted by molar-refractivity contribution is -0.461. The van der Waals surface area contributed by atoms with Crippen molar-refractivity contribution in [2.24, 2.45) is 0 Å². The van der Waals surface area contributed by atoms with Crippen molar-refractivity contribution < 1.29 is 98.6 Å². The average Bonchev–Trinajstić information content (AvgIpc) is 3.21. The van der Waals surface area contributed by atoms with Gasteiger partial charge in [0.15, 0.2) is 0 Å². The molecular formula is C19H19F17IN2. The van der Waals surface area contributed by atoms with Gasteiger partial charge in [-0.1, -0.05) is 26.2 Å². The van der Waals surface area contributed by atoms with Crippen LogP contribution >= 0.6 is 0 Å². The second-order valence-corrected chi connectivity index (χ2v) is 8.24. The van der Waals surface area contributed by atoms with Crippen LogP contribution in [0.5, 0.6) is 0 Å². The van der Waals surface area contributed by atoms with Crippen molar-refractivity contribution in [3.05, 3.63) is 19.1 Å². The van der Waals surface area contributed by atoms with E-state index in [-0.39, 0.29) is 30.5 Å². The van der Waals surface area contributed by atoms with E-state index in [4.69, 9.17) is 0 Å². The van der Waals surface area contributed by atoms with E-state index < -0.39 is 60.6 Å². The van der Waals surface area contributed by atoms with Gasteiger partial charge in [0.05, 0.1) is 25.5 Å². The highest BCUT2D eigenvalue weighted by Crippen LogP contribution is 2.64. The van der Waals surface area contributed by atoms with E-state index in [1.807, 2.05) is 6.92 Å². The first-order chi connectivity index (χ1) is 16.8. The number of hydrogen-bond donors (Lipinski definition) is 0. The van der Waals surface area contributed by atoms with Crippen molar-refractivity contribution in [3.8, 4) is 0 Å². The lowest BCUT2D eigenvalue weighted by Gasteiger charge is -2.42. The molecule has 1 radical (unpaired) electrons. The third-order valence-corrected chi connectivity index (χ3v) is 5.39. The molecular weight excluding hydrogens is 706 g/mol. The summed E-state index contributed by atoms with van der Waals surface area (Å²) in [6.07, 6.45) is -5.30. The Morgan fingerprint density at radius 1 is 0.513 bits per heavy atom. The molecule has 0 saturated heterocycles. The van der Waals surface area contributed by atoms with Gasteiger partial charge in [0, 0.05) is 6.42 Å². The average molecular weight is 725 g/mol. The van der Waals surface area contributed by atoms with Crippen LogP contribution in [0.1, 0.15) is 39.0 Å². The maximum atomic E-state index is 14.0. The predicted molar refractivity (Wildman–Crippen MR) is 95.2 cm³/mol. The number of nitrogens with zero attached hydrogens (tertiary/aromatic N) is 2. The molecule has 0 unspecified atom stereocenters. The quantitative estimate of drug-likeness (QED) is 0.107. The van der Waals surface area contributed by atoms with E-state index in [1.165, 1.54) is 4.90 Å². The van der Waals surface area contributed by atoms with E-state index in [0.717, 1.165) is 25.2 Å². The van der Waals surface area contributed by atoms with Gasteiger partial charge in [0.1, 0.15) is 0 Å². The van der Waals surface area contributed by atoms with E-state index in [2.05, 4.69) is 6.67 Å². The summed E-state index contributed by atoms with van der Waals surface area (Å²) in [5.74, 6) is -56.1. The van der Waals surface area contributed by atoms with Crippen LogP contribution < -0.4 is 24.0 Å². The molecule has 0 amide bonds. The first-order valence-corrected chi connectivity index (χ1v) is 10.5. The van der Waals surface area contributed by atoms with Crippen LogP contribution in [0.15, 0.2) is 12.4 Å².